The molecule has 0 bridgehead atoms. The molecule has 1 heterocycles. The molecule has 4 nitrogen and oxygen atoms in total. The van der Waals surface area contributed by atoms with E-state index in [4.69, 9.17) is 0 Å². The summed E-state index contributed by atoms with van der Waals surface area (Å²) >= 11 is 0. The number of hydrazone groups is 1. The number of nitrogens with zero attached hydrogens (tertiary/aromatic N) is 3. The maximum Gasteiger partial charge on any atom is 0.193 e. The fourth-order valence-corrected chi connectivity index (χ4v) is 2.93. The second kappa shape index (κ2) is 8.76. The van der Waals surface area contributed by atoms with E-state index in [1.807, 2.05) is 108 Å². The number of anilines is 2. The smallest absolute Gasteiger partial charge is 0.193 e. The van der Waals surface area contributed by atoms with Crippen molar-refractivity contribution in [2.75, 3.05) is 5.01 Å². The lowest BCUT2D eigenvalue weighted by Crippen LogP contribution is -2.10. The maximum atomic E-state index is 12.7. The van der Waals surface area contributed by atoms with Gasteiger partial charge in [0.15, 0.2) is 5.78 Å². The van der Waals surface area contributed by atoms with Crippen LogP contribution in [0, 0.1) is 0 Å². The Bertz CT molecular complexity index is 1090. The minimum atomic E-state index is 0.000368. The molecule has 0 saturated carbocycles. The van der Waals surface area contributed by atoms with Gasteiger partial charge in [0.05, 0.1) is 23.3 Å². The van der Waals surface area contributed by atoms with Crippen LogP contribution in [-0.4, -0.2) is 17.0 Å². The van der Waals surface area contributed by atoms with Gasteiger partial charge in [-0.3, -0.25) is 9.78 Å². The molecule has 3 aromatic carbocycles. The first-order chi connectivity index (χ1) is 14.3. The van der Waals surface area contributed by atoms with Gasteiger partial charge in [0, 0.05) is 17.3 Å². The molecule has 0 aliphatic rings. The molecule has 1 aromatic heterocycles. The molecule has 4 heteroatoms. The van der Waals surface area contributed by atoms with E-state index >= 15 is 0 Å². The first-order valence-corrected chi connectivity index (χ1v) is 9.31. The summed E-state index contributed by atoms with van der Waals surface area (Å²) in [5.41, 5.74) is 3.86. The Morgan fingerprint density at radius 3 is 1.93 bits per heavy atom. The average Bonchev–Trinajstić information content (AvgIpc) is 2.81. The van der Waals surface area contributed by atoms with Gasteiger partial charge in [-0.05, 0) is 48.5 Å². The zero-order chi connectivity index (χ0) is 19.9. The zero-order valence-electron chi connectivity index (χ0n) is 15.7. The fourth-order valence-electron chi connectivity index (χ4n) is 2.93. The van der Waals surface area contributed by atoms with Crippen LogP contribution in [0.15, 0.2) is 114 Å². The van der Waals surface area contributed by atoms with E-state index in [-0.39, 0.29) is 5.78 Å². The summed E-state index contributed by atoms with van der Waals surface area (Å²) in [7, 11) is 0. The van der Waals surface area contributed by atoms with Crippen LogP contribution in [-0.2, 0) is 0 Å². The predicted molar refractivity (Wildman–Crippen MR) is 117 cm³/mol. The number of ketones is 1. The largest absolute Gasteiger partial charge is 0.289 e. The van der Waals surface area contributed by atoms with Gasteiger partial charge in [0.25, 0.3) is 0 Å². The first kappa shape index (κ1) is 18.3. The molecule has 0 atom stereocenters. The molecule has 0 unspecified atom stereocenters. The number of pyridine rings is 1. The van der Waals surface area contributed by atoms with E-state index in [0.717, 1.165) is 17.1 Å². The molecule has 0 saturated heterocycles. The molecule has 4 rings (SSSR count). The van der Waals surface area contributed by atoms with Gasteiger partial charge in [0.1, 0.15) is 0 Å². The number of benzene rings is 3. The average molecular weight is 377 g/mol. The number of hydrogen-bond acceptors (Lipinski definition) is 4. The van der Waals surface area contributed by atoms with Crippen molar-refractivity contribution in [3.05, 3.63) is 126 Å². The molecule has 4 aromatic rings. The minimum Gasteiger partial charge on any atom is -0.289 e. The van der Waals surface area contributed by atoms with Crippen LogP contribution in [0.4, 0.5) is 11.4 Å². The Labute approximate surface area is 169 Å². The summed E-state index contributed by atoms with van der Waals surface area (Å²) in [4.78, 5) is 16.9. The monoisotopic (exact) mass is 377 g/mol. The number of para-hydroxylation sites is 1. The van der Waals surface area contributed by atoms with Gasteiger partial charge in [-0.25, -0.2) is 5.01 Å². The summed E-state index contributed by atoms with van der Waals surface area (Å²) < 4.78 is 0. The third-order valence-electron chi connectivity index (χ3n) is 4.40. The Balaban J connectivity index is 1.64. The molecule has 0 radical (unpaired) electrons. The number of carbonyl (C=O) groups is 1. The Morgan fingerprint density at radius 2 is 1.28 bits per heavy atom. The van der Waals surface area contributed by atoms with Crippen molar-refractivity contribution in [2.24, 2.45) is 5.10 Å². The minimum absolute atomic E-state index is 0.000368. The predicted octanol–water partition coefficient (Wildman–Crippen LogP) is 5.48. The lowest BCUT2D eigenvalue weighted by Gasteiger charge is -2.19. The topological polar surface area (TPSA) is 45.6 Å². The van der Waals surface area contributed by atoms with Crippen LogP contribution in [0.1, 0.15) is 21.6 Å². The van der Waals surface area contributed by atoms with E-state index in [1.54, 1.807) is 12.4 Å². The van der Waals surface area contributed by atoms with E-state index in [1.165, 1.54) is 0 Å². The quantitative estimate of drug-likeness (QED) is 0.254. The molecule has 140 valence electrons. The molecule has 0 spiro atoms. The van der Waals surface area contributed by atoms with E-state index in [9.17, 15) is 4.79 Å². The lowest BCUT2D eigenvalue weighted by molar-refractivity contribution is 0.103. The zero-order valence-corrected chi connectivity index (χ0v) is 15.7. The van der Waals surface area contributed by atoms with Gasteiger partial charge in [-0.15, -0.1) is 0 Å². The molecule has 0 fully saturated rings. The number of aromatic nitrogens is 1. The van der Waals surface area contributed by atoms with E-state index < -0.39 is 0 Å². The van der Waals surface area contributed by atoms with Crippen LogP contribution >= 0.6 is 0 Å². The van der Waals surface area contributed by atoms with E-state index in [0.29, 0.717) is 11.1 Å². The molecular formula is C25H19N3O. The normalized spacial score (nSPS) is 10.8. The molecular weight excluding hydrogens is 358 g/mol. The molecule has 0 aliphatic heterocycles. The molecule has 29 heavy (non-hydrogen) atoms. The summed E-state index contributed by atoms with van der Waals surface area (Å²) in [5, 5.41) is 6.45. The van der Waals surface area contributed by atoms with Crippen LogP contribution in [0.3, 0.4) is 0 Å². The van der Waals surface area contributed by atoms with Crippen LogP contribution in [0.2, 0.25) is 0 Å². The SMILES string of the molecule is O=C(c1ccccc1)c1ccc(N(/N=C/c2ccccn2)c2ccccc2)cc1. The Morgan fingerprint density at radius 1 is 0.690 bits per heavy atom. The van der Waals surface area contributed by atoms with Crippen molar-refractivity contribution in [1.29, 1.82) is 0 Å². The molecule has 0 aliphatic carbocycles. The van der Waals surface area contributed by atoms with Crippen LogP contribution in [0.25, 0.3) is 0 Å². The third-order valence-corrected chi connectivity index (χ3v) is 4.40. The van der Waals surface area contributed by atoms with Crippen molar-refractivity contribution in [3.8, 4) is 0 Å². The standard InChI is InChI=1S/C25H19N3O/c29-25(20-9-3-1-4-10-20)21-14-16-24(17-15-21)28(23-12-5-2-6-13-23)27-19-22-11-7-8-18-26-22/h1-19H/b27-19+. The summed E-state index contributed by atoms with van der Waals surface area (Å²) in [5.74, 6) is 0.000368. The summed E-state index contributed by atoms with van der Waals surface area (Å²) in [6.07, 6.45) is 3.45. The second-order valence-corrected chi connectivity index (χ2v) is 6.39. The van der Waals surface area contributed by atoms with Gasteiger partial charge >= 0.3 is 0 Å². The highest BCUT2D eigenvalue weighted by atomic mass is 16.1. The lowest BCUT2D eigenvalue weighted by atomic mass is 10.0. The van der Waals surface area contributed by atoms with Crippen molar-refractivity contribution in [2.45, 2.75) is 0 Å². The van der Waals surface area contributed by atoms with Crippen molar-refractivity contribution < 1.29 is 4.79 Å². The highest BCUT2D eigenvalue weighted by Crippen LogP contribution is 2.26. The van der Waals surface area contributed by atoms with Gasteiger partial charge < -0.3 is 0 Å². The third kappa shape index (κ3) is 4.45. The number of rotatable bonds is 6. The second-order valence-electron chi connectivity index (χ2n) is 6.39. The van der Waals surface area contributed by atoms with E-state index in [2.05, 4.69) is 10.1 Å². The van der Waals surface area contributed by atoms with Gasteiger partial charge in [-0.2, -0.15) is 5.10 Å². The fraction of sp³-hybridized carbons (Fsp3) is 0. The van der Waals surface area contributed by atoms with Crippen LogP contribution in [0.5, 0.6) is 0 Å². The van der Waals surface area contributed by atoms with Gasteiger partial charge in [0.2, 0.25) is 0 Å². The van der Waals surface area contributed by atoms with Gasteiger partial charge in [-0.1, -0.05) is 54.6 Å². The molecule has 0 N–H and O–H groups in total. The molecule has 0 amide bonds. The highest BCUT2D eigenvalue weighted by molar-refractivity contribution is 6.09. The summed E-state index contributed by atoms with van der Waals surface area (Å²) in [6, 6.07) is 32.3. The number of carbonyl (C=O) groups excluding carboxylic acids is 1. The highest BCUT2D eigenvalue weighted by Gasteiger charge is 2.11. The maximum absolute atomic E-state index is 12.7. The van der Waals surface area contributed by atoms with Crippen molar-refractivity contribution in [3.63, 3.8) is 0 Å². The Hall–Kier alpha value is -4.05. The van der Waals surface area contributed by atoms with Crippen molar-refractivity contribution in [1.82, 2.24) is 4.98 Å². The van der Waals surface area contributed by atoms with Crippen LogP contribution < -0.4 is 5.01 Å². The first-order valence-electron chi connectivity index (χ1n) is 9.31. The Kier molecular flexibility index (Phi) is 5.53. The summed E-state index contributed by atoms with van der Waals surface area (Å²) in [6.45, 7) is 0. The van der Waals surface area contributed by atoms with Crippen molar-refractivity contribution >= 4 is 23.4 Å². The number of hydrogen-bond donors (Lipinski definition) is 0.